The zero-order chi connectivity index (χ0) is 18.5. The topological polar surface area (TPSA) is 113 Å². The van der Waals surface area contributed by atoms with Crippen LogP contribution in [0.3, 0.4) is 0 Å². The van der Waals surface area contributed by atoms with Gasteiger partial charge in [-0.25, -0.2) is 13.1 Å². The molecule has 0 saturated heterocycles. The number of carbonyl (C=O) groups excluding carboxylic acids is 1. The number of benzene rings is 1. The lowest BCUT2D eigenvalue weighted by molar-refractivity contribution is -0.138. The minimum absolute atomic E-state index is 0.383. The van der Waals surface area contributed by atoms with E-state index in [0.29, 0.717) is 6.07 Å². The maximum absolute atomic E-state index is 12.7. The van der Waals surface area contributed by atoms with Gasteiger partial charge in [0.25, 0.3) is 0 Å². The zero-order valence-electron chi connectivity index (χ0n) is 11.9. The quantitative estimate of drug-likeness (QED) is 0.650. The fourth-order valence-electron chi connectivity index (χ4n) is 1.53. The molecule has 1 amide bonds. The first kappa shape index (κ1) is 20.2. The van der Waals surface area contributed by atoms with E-state index in [1.165, 1.54) is 0 Å². The Hall–Kier alpha value is -1.85. The summed E-state index contributed by atoms with van der Waals surface area (Å²) in [4.78, 5) is 20.8. The van der Waals surface area contributed by atoms with Gasteiger partial charge in [0.15, 0.2) is 0 Å². The summed E-state index contributed by atoms with van der Waals surface area (Å²) in [7, 11) is -4.29. The Morgan fingerprint density at radius 2 is 1.88 bits per heavy atom. The van der Waals surface area contributed by atoms with Crippen molar-refractivity contribution in [1.29, 1.82) is 0 Å². The van der Waals surface area contributed by atoms with Gasteiger partial charge in [0.05, 0.1) is 15.5 Å². The van der Waals surface area contributed by atoms with Crippen LogP contribution in [0.25, 0.3) is 0 Å². The van der Waals surface area contributed by atoms with Gasteiger partial charge in [-0.3, -0.25) is 9.59 Å². The summed E-state index contributed by atoms with van der Waals surface area (Å²) in [6, 6.07) is 2.08. The molecule has 3 N–H and O–H groups in total. The Morgan fingerprint density at radius 3 is 2.42 bits per heavy atom. The molecule has 0 unspecified atom stereocenters. The number of carboxylic acid groups (broad SMARTS) is 1. The Bertz CT molecular complexity index is 737. The third-order valence-electron chi connectivity index (χ3n) is 2.63. The zero-order valence-corrected chi connectivity index (χ0v) is 13.4. The second kappa shape index (κ2) is 7.81. The van der Waals surface area contributed by atoms with Crippen LogP contribution in [-0.4, -0.2) is 38.5 Å². The first-order valence-corrected chi connectivity index (χ1v) is 8.14. The Morgan fingerprint density at radius 1 is 1.25 bits per heavy atom. The summed E-state index contributed by atoms with van der Waals surface area (Å²) < 4.78 is 64.0. The van der Waals surface area contributed by atoms with Crippen molar-refractivity contribution in [2.45, 2.75) is 17.5 Å². The van der Waals surface area contributed by atoms with Crippen molar-refractivity contribution in [3.8, 4) is 0 Å². The monoisotopic (exact) mass is 388 g/mol. The number of halogens is 4. The number of rotatable bonds is 7. The molecule has 0 aliphatic carbocycles. The molecule has 0 heterocycles. The number of nitrogens with one attached hydrogen (secondary N) is 2. The van der Waals surface area contributed by atoms with Crippen molar-refractivity contribution < 1.29 is 36.3 Å². The minimum atomic E-state index is -4.82. The second-order valence-corrected chi connectivity index (χ2v) is 6.63. The molecule has 0 spiro atoms. The van der Waals surface area contributed by atoms with E-state index in [1.54, 1.807) is 0 Å². The normalized spacial score (nSPS) is 12.0. The summed E-state index contributed by atoms with van der Waals surface area (Å²) in [6.45, 7) is -1.05. The van der Waals surface area contributed by atoms with E-state index in [2.05, 4.69) is 0 Å². The van der Waals surface area contributed by atoms with Crippen molar-refractivity contribution in [1.82, 2.24) is 10.0 Å². The van der Waals surface area contributed by atoms with E-state index in [1.807, 2.05) is 10.0 Å². The Labute approximate surface area is 139 Å². The van der Waals surface area contributed by atoms with E-state index in [0.717, 1.165) is 12.1 Å². The summed E-state index contributed by atoms with van der Waals surface area (Å²) in [5, 5.41) is 9.71. The molecule has 0 aromatic heterocycles. The molecule has 0 atom stereocenters. The smallest absolute Gasteiger partial charge is 0.417 e. The van der Waals surface area contributed by atoms with Crippen molar-refractivity contribution >= 4 is 33.5 Å². The highest BCUT2D eigenvalue weighted by molar-refractivity contribution is 7.89. The number of aliphatic carboxylic acids is 1. The van der Waals surface area contributed by atoms with Gasteiger partial charge in [0.2, 0.25) is 15.9 Å². The molecule has 24 heavy (non-hydrogen) atoms. The first-order valence-electron chi connectivity index (χ1n) is 6.28. The largest absolute Gasteiger partial charge is 0.480 e. The van der Waals surface area contributed by atoms with Crippen LogP contribution in [0.2, 0.25) is 5.02 Å². The predicted molar refractivity (Wildman–Crippen MR) is 76.9 cm³/mol. The summed E-state index contributed by atoms with van der Waals surface area (Å²) >= 11 is 5.40. The van der Waals surface area contributed by atoms with Gasteiger partial charge >= 0.3 is 12.1 Å². The molecule has 1 rings (SSSR count). The standard InChI is InChI=1S/C12H12ClF3N2O5S/c13-9-2-1-7(5-8(9)12(14,15)16)24(22,23)18-4-3-10(19)17-6-11(20)21/h1-2,5,18H,3-4,6H2,(H,17,19)(H,20,21). The van der Waals surface area contributed by atoms with Crippen LogP contribution in [0.15, 0.2) is 23.1 Å². The predicted octanol–water partition coefficient (Wildman–Crippen LogP) is 1.23. The molecule has 1 aromatic rings. The lowest BCUT2D eigenvalue weighted by Crippen LogP contribution is -2.33. The van der Waals surface area contributed by atoms with Gasteiger partial charge in [-0.15, -0.1) is 0 Å². The molecule has 0 aliphatic heterocycles. The molecular weight excluding hydrogens is 377 g/mol. The van der Waals surface area contributed by atoms with Gasteiger partial charge in [-0.2, -0.15) is 13.2 Å². The number of carbonyl (C=O) groups is 2. The van der Waals surface area contributed by atoms with Crippen molar-refractivity contribution in [3.05, 3.63) is 28.8 Å². The number of carboxylic acids is 1. The summed E-state index contributed by atoms with van der Waals surface area (Å²) in [5.41, 5.74) is -1.30. The van der Waals surface area contributed by atoms with E-state index >= 15 is 0 Å². The van der Waals surface area contributed by atoms with Crippen molar-refractivity contribution in [3.63, 3.8) is 0 Å². The van der Waals surface area contributed by atoms with Crippen LogP contribution >= 0.6 is 11.6 Å². The maximum atomic E-state index is 12.7. The van der Waals surface area contributed by atoms with Crippen molar-refractivity contribution in [2.24, 2.45) is 0 Å². The van der Waals surface area contributed by atoms with Crippen LogP contribution in [0.1, 0.15) is 12.0 Å². The van der Waals surface area contributed by atoms with Gasteiger partial charge in [-0.1, -0.05) is 11.6 Å². The molecule has 1 aromatic carbocycles. The lowest BCUT2D eigenvalue weighted by Gasteiger charge is -2.12. The van der Waals surface area contributed by atoms with E-state index < -0.39 is 56.6 Å². The fourth-order valence-corrected chi connectivity index (χ4v) is 2.82. The molecular formula is C12H12ClF3N2O5S. The Balaban J connectivity index is 2.76. The van der Waals surface area contributed by atoms with E-state index in [-0.39, 0.29) is 6.42 Å². The maximum Gasteiger partial charge on any atom is 0.417 e. The third kappa shape index (κ3) is 5.98. The SMILES string of the molecule is O=C(O)CNC(=O)CCNS(=O)(=O)c1ccc(Cl)c(C(F)(F)F)c1. The third-order valence-corrected chi connectivity index (χ3v) is 4.42. The molecule has 0 aliphatic rings. The van der Waals surface area contributed by atoms with Crippen LogP contribution in [0.4, 0.5) is 13.2 Å². The van der Waals surface area contributed by atoms with E-state index in [4.69, 9.17) is 16.7 Å². The summed E-state index contributed by atoms with van der Waals surface area (Å²) in [6.07, 6.45) is -5.20. The molecule has 134 valence electrons. The van der Waals surface area contributed by atoms with Gasteiger partial charge < -0.3 is 10.4 Å². The van der Waals surface area contributed by atoms with Gasteiger partial charge in [0, 0.05) is 13.0 Å². The number of sulfonamides is 1. The highest BCUT2D eigenvalue weighted by Crippen LogP contribution is 2.35. The van der Waals surface area contributed by atoms with Crippen LogP contribution in [0.5, 0.6) is 0 Å². The Kier molecular flexibility index (Phi) is 6.58. The number of amides is 1. The van der Waals surface area contributed by atoms with E-state index in [9.17, 15) is 31.2 Å². The molecule has 7 nitrogen and oxygen atoms in total. The number of hydrogen-bond acceptors (Lipinski definition) is 4. The average Bonchev–Trinajstić information content (AvgIpc) is 2.43. The fraction of sp³-hybridized carbons (Fsp3) is 0.333. The number of alkyl halides is 3. The highest BCUT2D eigenvalue weighted by Gasteiger charge is 2.34. The first-order chi connectivity index (χ1) is 10.9. The average molecular weight is 389 g/mol. The van der Waals surface area contributed by atoms with Crippen molar-refractivity contribution in [2.75, 3.05) is 13.1 Å². The molecule has 0 radical (unpaired) electrons. The van der Waals surface area contributed by atoms with Crippen LogP contribution in [0, 0.1) is 0 Å². The van der Waals surface area contributed by atoms with Gasteiger partial charge in [-0.05, 0) is 18.2 Å². The highest BCUT2D eigenvalue weighted by atomic mass is 35.5. The van der Waals surface area contributed by atoms with Crippen LogP contribution in [-0.2, 0) is 25.8 Å². The second-order valence-electron chi connectivity index (χ2n) is 4.46. The minimum Gasteiger partial charge on any atom is -0.480 e. The molecule has 12 heteroatoms. The van der Waals surface area contributed by atoms with Crippen LogP contribution < -0.4 is 10.0 Å². The van der Waals surface area contributed by atoms with Gasteiger partial charge in [0.1, 0.15) is 6.54 Å². The molecule has 0 bridgehead atoms. The lowest BCUT2D eigenvalue weighted by atomic mass is 10.2. The number of hydrogen-bond donors (Lipinski definition) is 3. The molecule has 0 fully saturated rings. The summed E-state index contributed by atoms with van der Waals surface area (Å²) in [5.74, 6) is -2.00. The molecule has 0 saturated carbocycles.